The predicted molar refractivity (Wildman–Crippen MR) is 73.0 cm³/mol. The maximum atomic E-state index is 11.9. The van der Waals surface area contributed by atoms with Gasteiger partial charge in [0.1, 0.15) is 5.82 Å². The maximum absolute atomic E-state index is 11.9. The summed E-state index contributed by atoms with van der Waals surface area (Å²) in [5, 5.41) is 12.9. The van der Waals surface area contributed by atoms with Crippen LogP contribution in [0.25, 0.3) is 0 Å². The van der Waals surface area contributed by atoms with Crippen LogP contribution in [0.2, 0.25) is 0 Å². The van der Waals surface area contributed by atoms with Crippen molar-refractivity contribution in [1.29, 1.82) is 5.26 Å². The van der Waals surface area contributed by atoms with Crippen molar-refractivity contribution >= 4 is 21.5 Å². The highest BCUT2D eigenvalue weighted by atomic mass is 32.2. The molecule has 2 rings (SSSR count). The SMILES string of the molecule is CS(=O)(=O)c1c(N2CCOCC2)nn(CCC#N)c1N. The fourth-order valence-corrected chi connectivity index (χ4v) is 3.10. The second-order valence-electron chi connectivity index (χ2n) is 4.54. The van der Waals surface area contributed by atoms with Crippen molar-refractivity contribution in [2.24, 2.45) is 0 Å². The lowest BCUT2D eigenvalue weighted by Gasteiger charge is -2.27. The largest absolute Gasteiger partial charge is 0.383 e. The number of nitriles is 1. The molecule has 1 aromatic rings. The fourth-order valence-electron chi connectivity index (χ4n) is 2.11. The van der Waals surface area contributed by atoms with Crippen LogP contribution in [0.3, 0.4) is 0 Å². The van der Waals surface area contributed by atoms with Crippen molar-refractivity contribution in [1.82, 2.24) is 9.78 Å². The smallest absolute Gasteiger partial charge is 0.182 e. The van der Waals surface area contributed by atoms with E-state index in [1.807, 2.05) is 11.0 Å². The van der Waals surface area contributed by atoms with Crippen LogP contribution >= 0.6 is 0 Å². The molecule has 0 amide bonds. The normalized spacial score (nSPS) is 16.1. The summed E-state index contributed by atoms with van der Waals surface area (Å²) in [5.74, 6) is 0.440. The Bertz CT molecular complexity index is 625. The molecule has 2 N–H and O–H groups in total. The number of rotatable bonds is 4. The summed E-state index contributed by atoms with van der Waals surface area (Å²) < 4.78 is 30.5. The molecule has 1 saturated heterocycles. The molecule has 1 aliphatic heterocycles. The molecular weight excluding hydrogens is 282 g/mol. The summed E-state index contributed by atoms with van der Waals surface area (Å²) in [4.78, 5) is 1.89. The Balaban J connectivity index is 2.45. The van der Waals surface area contributed by atoms with Crippen molar-refractivity contribution in [2.45, 2.75) is 17.9 Å². The first-order valence-corrected chi connectivity index (χ1v) is 8.10. The van der Waals surface area contributed by atoms with Gasteiger partial charge in [-0.25, -0.2) is 13.1 Å². The van der Waals surface area contributed by atoms with Crippen molar-refractivity contribution < 1.29 is 13.2 Å². The molecule has 1 fully saturated rings. The molecule has 0 unspecified atom stereocenters. The number of aryl methyl sites for hydroxylation is 1. The van der Waals surface area contributed by atoms with Gasteiger partial charge in [-0.05, 0) is 0 Å². The lowest BCUT2D eigenvalue weighted by Crippen LogP contribution is -2.37. The summed E-state index contributed by atoms with van der Waals surface area (Å²) in [6.07, 6.45) is 1.33. The summed E-state index contributed by atoms with van der Waals surface area (Å²) in [6, 6.07) is 1.99. The minimum atomic E-state index is -3.49. The molecule has 20 heavy (non-hydrogen) atoms. The van der Waals surface area contributed by atoms with Crippen molar-refractivity contribution in [3.05, 3.63) is 0 Å². The first-order chi connectivity index (χ1) is 9.45. The van der Waals surface area contributed by atoms with Gasteiger partial charge in [-0.3, -0.25) is 0 Å². The van der Waals surface area contributed by atoms with Gasteiger partial charge in [-0.1, -0.05) is 0 Å². The standard InChI is InChI=1S/C11H17N5O3S/c1-20(17,18)9-10(13)16(4-2-3-12)14-11(9)15-5-7-19-8-6-15/h2,4-8,13H2,1H3. The van der Waals surface area contributed by atoms with Crippen molar-refractivity contribution in [3.8, 4) is 6.07 Å². The Hall–Kier alpha value is -1.79. The number of anilines is 2. The Labute approximate surface area is 117 Å². The molecule has 0 aliphatic carbocycles. The third kappa shape index (κ3) is 2.86. The minimum Gasteiger partial charge on any atom is -0.383 e. The average Bonchev–Trinajstić information content (AvgIpc) is 2.74. The van der Waals surface area contributed by atoms with Gasteiger partial charge in [0, 0.05) is 19.3 Å². The Morgan fingerprint density at radius 2 is 2.10 bits per heavy atom. The maximum Gasteiger partial charge on any atom is 0.182 e. The van der Waals surface area contributed by atoms with E-state index < -0.39 is 9.84 Å². The van der Waals surface area contributed by atoms with Crippen LogP contribution < -0.4 is 10.6 Å². The zero-order valence-corrected chi connectivity index (χ0v) is 12.1. The number of morpholine rings is 1. The van der Waals surface area contributed by atoms with E-state index in [0.717, 1.165) is 6.26 Å². The van der Waals surface area contributed by atoms with Gasteiger partial charge >= 0.3 is 0 Å². The number of nitrogen functional groups attached to an aromatic ring is 1. The first kappa shape index (κ1) is 14.6. The zero-order chi connectivity index (χ0) is 14.8. The molecule has 0 aromatic carbocycles. The van der Waals surface area contributed by atoms with E-state index in [4.69, 9.17) is 15.7 Å². The molecule has 0 spiro atoms. The van der Waals surface area contributed by atoms with E-state index in [2.05, 4.69) is 5.10 Å². The van der Waals surface area contributed by atoms with Gasteiger partial charge in [-0.15, -0.1) is 0 Å². The Morgan fingerprint density at radius 1 is 1.45 bits per heavy atom. The first-order valence-electron chi connectivity index (χ1n) is 6.21. The van der Waals surface area contributed by atoms with Gasteiger partial charge in [0.2, 0.25) is 0 Å². The van der Waals surface area contributed by atoms with Gasteiger partial charge in [0.25, 0.3) is 0 Å². The molecule has 0 bridgehead atoms. The van der Waals surface area contributed by atoms with Gasteiger partial charge in [-0.2, -0.15) is 10.4 Å². The number of aromatic nitrogens is 2. The predicted octanol–water partition coefficient (Wildman–Crippen LogP) is -0.381. The molecule has 1 aromatic heterocycles. The molecule has 0 radical (unpaired) electrons. The van der Waals surface area contributed by atoms with Crippen LogP contribution in [-0.4, -0.2) is 50.8 Å². The van der Waals surface area contributed by atoms with Crippen molar-refractivity contribution in [2.75, 3.05) is 43.2 Å². The molecular formula is C11H17N5O3S. The molecule has 110 valence electrons. The third-order valence-corrected chi connectivity index (χ3v) is 4.18. The molecule has 8 nitrogen and oxygen atoms in total. The second kappa shape index (κ2) is 5.68. The number of nitrogens with two attached hydrogens (primary N) is 1. The van der Waals surface area contributed by atoms with Gasteiger partial charge < -0.3 is 15.4 Å². The molecule has 0 atom stereocenters. The highest BCUT2D eigenvalue weighted by molar-refractivity contribution is 7.91. The lowest BCUT2D eigenvalue weighted by atomic mass is 10.4. The summed E-state index contributed by atoms with van der Waals surface area (Å²) in [6.45, 7) is 2.45. The van der Waals surface area contributed by atoms with E-state index in [-0.39, 0.29) is 23.7 Å². The Morgan fingerprint density at radius 3 is 2.65 bits per heavy atom. The van der Waals surface area contributed by atoms with E-state index in [0.29, 0.717) is 32.1 Å². The second-order valence-corrected chi connectivity index (χ2v) is 6.49. The number of sulfone groups is 1. The van der Waals surface area contributed by atoms with Crippen LogP contribution in [0.4, 0.5) is 11.6 Å². The quantitative estimate of drug-likeness (QED) is 0.805. The van der Waals surface area contributed by atoms with E-state index in [1.54, 1.807) is 0 Å². The monoisotopic (exact) mass is 299 g/mol. The Kier molecular flexibility index (Phi) is 4.15. The number of hydrogen-bond donors (Lipinski definition) is 1. The van der Waals surface area contributed by atoms with Crippen LogP contribution in [0.5, 0.6) is 0 Å². The highest BCUT2D eigenvalue weighted by Gasteiger charge is 2.28. The number of nitrogens with zero attached hydrogens (tertiary/aromatic N) is 4. The zero-order valence-electron chi connectivity index (χ0n) is 11.2. The van der Waals surface area contributed by atoms with Crippen LogP contribution in [-0.2, 0) is 21.1 Å². The van der Waals surface area contributed by atoms with E-state index >= 15 is 0 Å². The van der Waals surface area contributed by atoms with Crippen LogP contribution in [0.1, 0.15) is 6.42 Å². The number of ether oxygens (including phenoxy) is 1. The van der Waals surface area contributed by atoms with Gasteiger partial charge in [0.15, 0.2) is 20.6 Å². The van der Waals surface area contributed by atoms with Crippen LogP contribution in [0.15, 0.2) is 4.90 Å². The minimum absolute atomic E-state index is 0.0392. The van der Waals surface area contributed by atoms with Gasteiger partial charge in [0.05, 0.1) is 32.2 Å². The number of hydrogen-bond acceptors (Lipinski definition) is 7. The summed E-state index contributed by atoms with van der Waals surface area (Å²) in [5.41, 5.74) is 5.89. The lowest BCUT2D eigenvalue weighted by molar-refractivity contribution is 0.122. The average molecular weight is 299 g/mol. The molecule has 9 heteroatoms. The molecule has 2 heterocycles. The summed E-state index contributed by atoms with van der Waals surface area (Å²) in [7, 11) is -3.49. The third-order valence-electron chi connectivity index (χ3n) is 3.05. The van der Waals surface area contributed by atoms with Crippen molar-refractivity contribution in [3.63, 3.8) is 0 Å². The topological polar surface area (TPSA) is 114 Å². The molecule has 0 saturated carbocycles. The van der Waals surface area contributed by atoms with E-state index in [9.17, 15) is 8.42 Å². The highest BCUT2D eigenvalue weighted by Crippen LogP contribution is 2.30. The fraction of sp³-hybridized carbons (Fsp3) is 0.636. The summed E-state index contributed by atoms with van der Waals surface area (Å²) >= 11 is 0. The van der Waals surface area contributed by atoms with E-state index in [1.165, 1.54) is 4.68 Å². The van der Waals surface area contributed by atoms with Crippen LogP contribution in [0, 0.1) is 11.3 Å². The molecule has 1 aliphatic rings.